The van der Waals surface area contributed by atoms with Gasteiger partial charge in [-0.3, -0.25) is 9.69 Å². The number of rotatable bonds is 3. The summed E-state index contributed by atoms with van der Waals surface area (Å²) in [4.78, 5) is 14.0. The number of hydrogen-bond donors (Lipinski definition) is 2. The molecule has 2 aliphatic heterocycles. The van der Waals surface area contributed by atoms with E-state index >= 15 is 0 Å². The topological polar surface area (TPSA) is 44.4 Å². The summed E-state index contributed by atoms with van der Waals surface area (Å²) in [5.41, 5.74) is 0. The zero-order chi connectivity index (χ0) is 11.5. The molecule has 2 unspecified atom stereocenters. The Labute approximate surface area is 97.8 Å². The first-order chi connectivity index (χ1) is 7.63. The van der Waals surface area contributed by atoms with Crippen LogP contribution < -0.4 is 10.6 Å². The van der Waals surface area contributed by atoms with Crippen molar-refractivity contribution in [3.8, 4) is 0 Å². The van der Waals surface area contributed by atoms with E-state index in [4.69, 9.17) is 0 Å². The van der Waals surface area contributed by atoms with Crippen LogP contribution >= 0.6 is 0 Å². The number of hydrogen-bond acceptors (Lipinski definition) is 3. The summed E-state index contributed by atoms with van der Waals surface area (Å²) in [6, 6.07) is 1.55. The number of carbonyl (C=O) groups is 1. The van der Waals surface area contributed by atoms with Crippen molar-refractivity contribution in [2.24, 2.45) is 0 Å². The van der Waals surface area contributed by atoms with Gasteiger partial charge < -0.3 is 10.6 Å². The number of nitrogens with one attached hydrogen (secondary N) is 2. The van der Waals surface area contributed by atoms with E-state index in [1.165, 1.54) is 19.3 Å². The van der Waals surface area contributed by atoms with Crippen molar-refractivity contribution in [1.82, 2.24) is 15.5 Å². The van der Waals surface area contributed by atoms with Gasteiger partial charge in [-0.1, -0.05) is 0 Å². The van der Waals surface area contributed by atoms with E-state index in [0.29, 0.717) is 18.6 Å². The van der Waals surface area contributed by atoms with Gasteiger partial charge in [-0.15, -0.1) is 0 Å². The van der Waals surface area contributed by atoms with Crippen LogP contribution in [-0.4, -0.2) is 48.6 Å². The predicted molar refractivity (Wildman–Crippen MR) is 64.3 cm³/mol. The standard InChI is InChI=1S/C12H23N3O/c1-9(2)13-12(16)8-15-6-5-10-3-4-11(7-15)14-10/h9-11,14H,3-8H2,1-2H3,(H,13,16). The van der Waals surface area contributed by atoms with Crippen molar-refractivity contribution < 1.29 is 4.79 Å². The van der Waals surface area contributed by atoms with Gasteiger partial charge in [-0.05, 0) is 33.1 Å². The summed E-state index contributed by atoms with van der Waals surface area (Å²) < 4.78 is 0. The number of likely N-dealkylation sites (tertiary alicyclic amines) is 1. The zero-order valence-corrected chi connectivity index (χ0v) is 10.3. The largest absolute Gasteiger partial charge is 0.353 e. The fourth-order valence-electron chi connectivity index (χ4n) is 2.73. The Hall–Kier alpha value is -0.610. The second-order valence-electron chi connectivity index (χ2n) is 5.38. The fraction of sp³-hybridized carbons (Fsp3) is 0.917. The average molecular weight is 225 g/mol. The molecule has 0 saturated carbocycles. The van der Waals surface area contributed by atoms with Crippen LogP contribution in [0.4, 0.5) is 0 Å². The molecule has 2 N–H and O–H groups in total. The minimum absolute atomic E-state index is 0.160. The highest BCUT2D eigenvalue weighted by atomic mass is 16.2. The molecule has 0 aromatic carbocycles. The summed E-state index contributed by atoms with van der Waals surface area (Å²) in [6.45, 7) is 6.65. The number of amides is 1. The molecule has 0 spiro atoms. The maximum absolute atomic E-state index is 11.7. The molecule has 4 nitrogen and oxygen atoms in total. The van der Waals surface area contributed by atoms with Gasteiger partial charge in [0, 0.05) is 31.2 Å². The lowest BCUT2D eigenvalue weighted by molar-refractivity contribution is -0.122. The molecule has 0 radical (unpaired) electrons. The van der Waals surface area contributed by atoms with Gasteiger partial charge >= 0.3 is 0 Å². The normalized spacial score (nSPS) is 30.4. The summed E-state index contributed by atoms with van der Waals surface area (Å²) >= 11 is 0. The van der Waals surface area contributed by atoms with Gasteiger partial charge in [-0.2, -0.15) is 0 Å². The molecule has 2 heterocycles. The minimum Gasteiger partial charge on any atom is -0.353 e. The Morgan fingerprint density at radius 3 is 2.88 bits per heavy atom. The first kappa shape index (κ1) is 11.9. The first-order valence-electron chi connectivity index (χ1n) is 6.41. The maximum atomic E-state index is 11.7. The molecule has 0 aliphatic carbocycles. The monoisotopic (exact) mass is 225 g/mol. The van der Waals surface area contributed by atoms with E-state index in [2.05, 4.69) is 15.5 Å². The predicted octanol–water partition coefficient (Wildman–Crippen LogP) is 0.337. The van der Waals surface area contributed by atoms with Gasteiger partial charge in [0.05, 0.1) is 6.54 Å². The molecular formula is C12H23N3O. The molecule has 0 aromatic rings. The van der Waals surface area contributed by atoms with Crippen LogP contribution in [0.3, 0.4) is 0 Å². The minimum atomic E-state index is 0.160. The van der Waals surface area contributed by atoms with Crippen molar-refractivity contribution in [3.63, 3.8) is 0 Å². The Bertz CT molecular complexity index is 255. The van der Waals surface area contributed by atoms with E-state index in [-0.39, 0.29) is 11.9 Å². The second kappa shape index (κ2) is 5.15. The number of nitrogens with zero attached hydrogens (tertiary/aromatic N) is 1. The molecule has 16 heavy (non-hydrogen) atoms. The Morgan fingerprint density at radius 2 is 2.12 bits per heavy atom. The van der Waals surface area contributed by atoms with Gasteiger partial charge in [-0.25, -0.2) is 0 Å². The van der Waals surface area contributed by atoms with Crippen LogP contribution in [0, 0.1) is 0 Å². The van der Waals surface area contributed by atoms with Crippen LogP contribution in [0.5, 0.6) is 0 Å². The third-order valence-corrected chi connectivity index (χ3v) is 3.42. The van der Waals surface area contributed by atoms with E-state index in [1.807, 2.05) is 13.8 Å². The fourth-order valence-corrected chi connectivity index (χ4v) is 2.73. The molecule has 0 aromatic heterocycles. The number of fused-ring (bicyclic) bond motifs is 2. The quantitative estimate of drug-likeness (QED) is 0.728. The van der Waals surface area contributed by atoms with E-state index < -0.39 is 0 Å². The first-order valence-corrected chi connectivity index (χ1v) is 6.41. The molecule has 2 saturated heterocycles. The van der Waals surface area contributed by atoms with Crippen molar-refractivity contribution in [3.05, 3.63) is 0 Å². The third-order valence-electron chi connectivity index (χ3n) is 3.42. The van der Waals surface area contributed by atoms with Crippen LogP contribution in [0.25, 0.3) is 0 Å². The average Bonchev–Trinajstić information content (AvgIpc) is 2.49. The highest BCUT2D eigenvalue weighted by molar-refractivity contribution is 5.78. The molecule has 4 heteroatoms. The SMILES string of the molecule is CC(C)NC(=O)CN1CCC2CCC(C1)N2. The highest BCUT2D eigenvalue weighted by Crippen LogP contribution is 2.19. The maximum Gasteiger partial charge on any atom is 0.234 e. The smallest absolute Gasteiger partial charge is 0.234 e. The van der Waals surface area contributed by atoms with Gasteiger partial charge in [0.15, 0.2) is 0 Å². The van der Waals surface area contributed by atoms with E-state index in [9.17, 15) is 4.79 Å². The van der Waals surface area contributed by atoms with Crippen LogP contribution in [0.15, 0.2) is 0 Å². The van der Waals surface area contributed by atoms with Crippen molar-refractivity contribution in [2.75, 3.05) is 19.6 Å². The molecular weight excluding hydrogens is 202 g/mol. The summed E-state index contributed by atoms with van der Waals surface area (Å²) in [6.07, 6.45) is 3.77. The number of carbonyl (C=O) groups excluding carboxylic acids is 1. The zero-order valence-electron chi connectivity index (χ0n) is 10.3. The Morgan fingerprint density at radius 1 is 1.38 bits per heavy atom. The van der Waals surface area contributed by atoms with E-state index in [1.54, 1.807) is 0 Å². The van der Waals surface area contributed by atoms with Crippen molar-refractivity contribution in [2.45, 2.75) is 51.2 Å². The second-order valence-corrected chi connectivity index (χ2v) is 5.38. The molecule has 2 rings (SSSR count). The molecule has 2 atom stereocenters. The van der Waals surface area contributed by atoms with Crippen molar-refractivity contribution in [1.29, 1.82) is 0 Å². The van der Waals surface area contributed by atoms with Gasteiger partial charge in [0.1, 0.15) is 0 Å². The van der Waals surface area contributed by atoms with Crippen LogP contribution in [-0.2, 0) is 4.79 Å². The third kappa shape index (κ3) is 3.19. The van der Waals surface area contributed by atoms with Crippen LogP contribution in [0.2, 0.25) is 0 Å². The highest BCUT2D eigenvalue weighted by Gasteiger charge is 2.29. The Kier molecular flexibility index (Phi) is 3.82. The summed E-state index contributed by atoms with van der Waals surface area (Å²) in [7, 11) is 0. The Balaban J connectivity index is 1.79. The molecule has 92 valence electrons. The molecule has 2 bridgehead atoms. The van der Waals surface area contributed by atoms with E-state index in [0.717, 1.165) is 13.1 Å². The summed E-state index contributed by atoms with van der Waals surface area (Å²) in [5.74, 6) is 0.160. The van der Waals surface area contributed by atoms with Gasteiger partial charge in [0.2, 0.25) is 5.91 Å². The molecule has 2 aliphatic rings. The molecule has 1 amide bonds. The van der Waals surface area contributed by atoms with Gasteiger partial charge in [0.25, 0.3) is 0 Å². The lowest BCUT2D eigenvalue weighted by Crippen LogP contribution is -2.43. The molecule has 2 fully saturated rings. The lowest BCUT2D eigenvalue weighted by atomic mass is 10.1. The lowest BCUT2D eigenvalue weighted by Gasteiger charge is -2.23. The van der Waals surface area contributed by atoms with Crippen LogP contribution in [0.1, 0.15) is 33.1 Å². The summed E-state index contributed by atoms with van der Waals surface area (Å²) in [5, 5.41) is 6.58. The van der Waals surface area contributed by atoms with Crippen molar-refractivity contribution >= 4 is 5.91 Å².